The van der Waals surface area contributed by atoms with Crippen molar-refractivity contribution in [3.8, 4) is 5.75 Å². The molecule has 1 radical (unpaired) electrons. The van der Waals surface area contributed by atoms with Crippen molar-refractivity contribution in [1.29, 1.82) is 0 Å². The molecule has 0 aliphatic carbocycles. The number of aromatic hydroxyl groups is 1. The second kappa shape index (κ2) is 6.64. The predicted molar refractivity (Wildman–Crippen MR) is 85.5 cm³/mol. The van der Waals surface area contributed by atoms with Crippen LogP contribution in [0.3, 0.4) is 0 Å². The van der Waals surface area contributed by atoms with Crippen LogP contribution in [0.4, 0.5) is 5.69 Å². The highest BCUT2D eigenvalue weighted by atomic mass is 16.3. The molecule has 2 aromatic carbocycles. The Hall–Kier alpha value is -2.00. The Morgan fingerprint density at radius 3 is 2.57 bits per heavy atom. The van der Waals surface area contributed by atoms with E-state index in [0.29, 0.717) is 0 Å². The number of benzene rings is 2. The highest BCUT2D eigenvalue weighted by Gasteiger charge is 2.15. The number of hydrogen-bond acceptors (Lipinski definition) is 3. The zero-order chi connectivity index (χ0) is 14.5. The van der Waals surface area contributed by atoms with Gasteiger partial charge in [0.2, 0.25) is 0 Å². The van der Waals surface area contributed by atoms with E-state index in [1.807, 2.05) is 6.07 Å². The predicted octanol–water partition coefficient (Wildman–Crippen LogP) is 2.90. The van der Waals surface area contributed by atoms with Gasteiger partial charge in [-0.15, -0.1) is 0 Å². The molecule has 3 rings (SSSR count). The minimum absolute atomic E-state index is 0.277. The van der Waals surface area contributed by atoms with Crippen molar-refractivity contribution < 1.29 is 5.11 Å². The quantitative estimate of drug-likeness (QED) is 0.937. The number of rotatable bonds is 3. The van der Waals surface area contributed by atoms with Crippen LogP contribution in [0.25, 0.3) is 0 Å². The van der Waals surface area contributed by atoms with E-state index in [-0.39, 0.29) is 5.75 Å². The molecule has 2 aromatic rings. The molecule has 1 fully saturated rings. The van der Waals surface area contributed by atoms with Crippen LogP contribution in [-0.4, -0.2) is 36.2 Å². The SMILES string of the molecule is Oc1c[c]c(N2CCCN(Cc3ccccc3)CC2)cc1. The average Bonchev–Trinajstić information content (AvgIpc) is 2.75. The van der Waals surface area contributed by atoms with Crippen LogP contribution in [0.1, 0.15) is 12.0 Å². The van der Waals surface area contributed by atoms with E-state index in [1.54, 1.807) is 12.1 Å². The monoisotopic (exact) mass is 281 g/mol. The molecule has 0 unspecified atom stereocenters. The molecule has 0 bridgehead atoms. The van der Waals surface area contributed by atoms with Crippen molar-refractivity contribution in [2.75, 3.05) is 31.1 Å². The van der Waals surface area contributed by atoms with Gasteiger partial charge in [-0.1, -0.05) is 30.3 Å². The number of phenolic OH excluding ortho intramolecular Hbond substituents is 1. The number of hydrogen-bond donors (Lipinski definition) is 1. The topological polar surface area (TPSA) is 26.7 Å². The molecule has 0 aromatic heterocycles. The van der Waals surface area contributed by atoms with Crippen molar-refractivity contribution in [2.24, 2.45) is 0 Å². The fraction of sp³-hybridized carbons (Fsp3) is 0.333. The molecule has 3 heteroatoms. The molecule has 1 saturated heterocycles. The van der Waals surface area contributed by atoms with Gasteiger partial charge >= 0.3 is 0 Å². The Kier molecular flexibility index (Phi) is 4.41. The lowest BCUT2D eigenvalue weighted by Crippen LogP contribution is -2.30. The highest BCUT2D eigenvalue weighted by Crippen LogP contribution is 2.19. The van der Waals surface area contributed by atoms with E-state index in [4.69, 9.17) is 0 Å². The smallest absolute Gasteiger partial charge is 0.116 e. The van der Waals surface area contributed by atoms with Crippen LogP contribution < -0.4 is 4.90 Å². The molecular formula is C18H21N2O. The summed E-state index contributed by atoms with van der Waals surface area (Å²) in [7, 11) is 0. The van der Waals surface area contributed by atoms with Crippen molar-refractivity contribution in [3.63, 3.8) is 0 Å². The molecular weight excluding hydrogens is 260 g/mol. The van der Waals surface area contributed by atoms with Crippen molar-refractivity contribution in [1.82, 2.24) is 4.90 Å². The lowest BCUT2D eigenvalue weighted by molar-refractivity contribution is 0.285. The van der Waals surface area contributed by atoms with Crippen LogP contribution in [0.5, 0.6) is 5.75 Å². The van der Waals surface area contributed by atoms with Gasteiger partial charge in [0.05, 0.1) is 0 Å². The Morgan fingerprint density at radius 1 is 0.952 bits per heavy atom. The third-order valence-electron chi connectivity index (χ3n) is 3.96. The van der Waals surface area contributed by atoms with Gasteiger partial charge < -0.3 is 10.0 Å². The maximum atomic E-state index is 9.36. The first-order valence-corrected chi connectivity index (χ1v) is 7.53. The average molecular weight is 281 g/mol. The standard InChI is InChI=1S/C18H21N2O/c21-18-9-7-17(8-10-18)20-12-4-11-19(13-14-20)15-16-5-2-1-3-6-16/h1-3,5-7,9-10,21H,4,11-15H2. The molecule has 0 spiro atoms. The van der Waals surface area contributed by atoms with Gasteiger partial charge in [-0.05, 0) is 30.2 Å². The second-order valence-corrected chi connectivity index (χ2v) is 5.53. The van der Waals surface area contributed by atoms with E-state index >= 15 is 0 Å². The summed E-state index contributed by atoms with van der Waals surface area (Å²) in [5, 5.41) is 9.36. The summed E-state index contributed by atoms with van der Waals surface area (Å²) in [6.45, 7) is 5.27. The molecule has 1 heterocycles. The number of nitrogens with zero attached hydrogens (tertiary/aromatic N) is 2. The Bertz CT molecular complexity index is 553. The molecule has 1 N–H and O–H groups in total. The fourth-order valence-corrected chi connectivity index (χ4v) is 2.82. The molecule has 0 atom stereocenters. The molecule has 1 aliphatic heterocycles. The third-order valence-corrected chi connectivity index (χ3v) is 3.96. The van der Waals surface area contributed by atoms with Gasteiger partial charge in [0.15, 0.2) is 0 Å². The molecule has 21 heavy (non-hydrogen) atoms. The Labute approximate surface area is 126 Å². The van der Waals surface area contributed by atoms with Crippen molar-refractivity contribution >= 4 is 5.69 Å². The van der Waals surface area contributed by atoms with Crippen molar-refractivity contribution in [2.45, 2.75) is 13.0 Å². The summed E-state index contributed by atoms with van der Waals surface area (Å²) in [5.41, 5.74) is 2.46. The Morgan fingerprint density at radius 2 is 1.81 bits per heavy atom. The van der Waals surface area contributed by atoms with E-state index in [2.05, 4.69) is 46.2 Å². The van der Waals surface area contributed by atoms with Crippen molar-refractivity contribution in [3.05, 3.63) is 60.2 Å². The van der Waals surface area contributed by atoms with Crippen LogP contribution >= 0.6 is 0 Å². The zero-order valence-electron chi connectivity index (χ0n) is 12.2. The lowest BCUT2D eigenvalue weighted by atomic mass is 10.2. The number of phenols is 1. The summed E-state index contributed by atoms with van der Waals surface area (Å²) in [6, 6.07) is 19.1. The van der Waals surface area contributed by atoms with E-state index in [1.165, 1.54) is 5.56 Å². The minimum Gasteiger partial charge on any atom is -0.508 e. The third kappa shape index (κ3) is 3.76. The van der Waals surface area contributed by atoms with Gasteiger partial charge in [-0.2, -0.15) is 0 Å². The maximum absolute atomic E-state index is 9.36. The number of anilines is 1. The van der Waals surface area contributed by atoms with Gasteiger partial charge in [-0.25, -0.2) is 0 Å². The Balaban J connectivity index is 1.60. The van der Waals surface area contributed by atoms with Crippen LogP contribution in [0.2, 0.25) is 0 Å². The lowest BCUT2D eigenvalue weighted by Gasteiger charge is -2.23. The molecule has 109 valence electrons. The normalized spacial score (nSPS) is 16.7. The van der Waals surface area contributed by atoms with E-state index in [0.717, 1.165) is 44.8 Å². The molecule has 0 amide bonds. The molecule has 3 nitrogen and oxygen atoms in total. The summed E-state index contributed by atoms with van der Waals surface area (Å²) in [6.07, 6.45) is 1.15. The summed E-state index contributed by atoms with van der Waals surface area (Å²) in [5.74, 6) is 0.277. The summed E-state index contributed by atoms with van der Waals surface area (Å²) >= 11 is 0. The summed E-state index contributed by atoms with van der Waals surface area (Å²) in [4.78, 5) is 4.86. The molecule has 1 aliphatic rings. The highest BCUT2D eigenvalue weighted by molar-refractivity contribution is 5.47. The van der Waals surface area contributed by atoms with E-state index in [9.17, 15) is 5.11 Å². The van der Waals surface area contributed by atoms with Gasteiger partial charge in [0, 0.05) is 44.5 Å². The molecule has 0 saturated carbocycles. The van der Waals surface area contributed by atoms with Crippen LogP contribution in [0, 0.1) is 6.07 Å². The zero-order valence-corrected chi connectivity index (χ0v) is 12.2. The fourth-order valence-electron chi connectivity index (χ4n) is 2.82. The first kappa shape index (κ1) is 14.0. The first-order valence-electron chi connectivity index (χ1n) is 7.53. The maximum Gasteiger partial charge on any atom is 0.116 e. The minimum atomic E-state index is 0.277. The van der Waals surface area contributed by atoms with Gasteiger partial charge in [-0.3, -0.25) is 4.90 Å². The van der Waals surface area contributed by atoms with E-state index < -0.39 is 0 Å². The second-order valence-electron chi connectivity index (χ2n) is 5.53. The van der Waals surface area contributed by atoms with Gasteiger partial charge in [0.25, 0.3) is 0 Å². The largest absolute Gasteiger partial charge is 0.508 e. The van der Waals surface area contributed by atoms with Crippen LogP contribution in [-0.2, 0) is 6.54 Å². The van der Waals surface area contributed by atoms with Gasteiger partial charge in [0.1, 0.15) is 5.75 Å². The first-order chi connectivity index (χ1) is 10.3. The van der Waals surface area contributed by atoms with Crippen LogP contribution in [0.15, 0.2) is 48.5 Å². The summed E-state index contributed by atoms with van der Waals surface area (Å²) < 4.78 is 0.